The minimum absolute atomic E-state index is 0.654. The Kier molecular flexibility index (Phi) is 6.49. The zero-order valence-electron chi connectivity index (χ0n) is 18.1. The maximum atomic E-state index is 3.66. The Balaban J connectivity index is 1.53. The quantitative estimate of drug-likeness (QED) is 0.421. The average molecular weight is 394 g/mol. The first-order chi connectivity index (χ1) is 14.7. The Morgan fingerprint density at radius 1 is 0.733 bits per heavy atom. The fraction of sp³-hybridized carbons (Fsp3) is 0.241. The molecule has 1 aliphatic carbocycles. The van der Waals surface area contributed by atoms with Crippen molar-refractivity contribution in [2.24, 2.45) is 0 Å². The smallest absolute Gasteiger partial charge is 0.0342 e. The molecule has 1 nitrogen and oxygen atoms in total. The number of nitrogens with one attached hydrogen (secondary N) is 1. The van der Waals surface area contributed by atoms with Gasteiger partial charge in [-0.1, -0.05) is 103 Å². The van der Waals surface area contributed by atoms with Gasteiger partial charge in [-0.3, -0.25) is 0 Å². The van der Waals surface area contributed by atoms with Crippen molar-refractivity contribution in [3.63, 3.8) is 0 Å². The molecule has 0 bridgehead atoms. The summed E-state index contributed by atoms with van der Waals surface area (Å²) in [5.74, 6) is 0. The van der Waals surface area contributed by atoms with Crippen LogP contribution in [0.1, 0.15) is 53.5 Å². The van der Waals surface area contributed by atoms with E-state index in [4.69, 9.17) is 0 Å². The van der Waals surface area contributed by atoms with E-state index >= 15 is 0 Å². The highest BCUT2D eigenvalue weighted by Gasteiger charge is 2.13. The maximum Gasteiger partial charge on any atom is 0.0342 e. The van der Waals surface area contributed by atoms with Gasteiger partial charge in [0, 0.05) is 11.7 Å². The number of hydrogen-bond donors (Lipinski definition) is 1. The highest BCUT2D eigenvalue weighted by molar-refractivity contribution is 5.81. The maximum absolute atomic E-state index is 3.66. The Labute approximate surface area is 181 Å². The van der Waals surface area contributed by atoms with Crippen molar-refractivity contribution in [2.45, 2.75) is 45.6 Å². The van der Waals surface area contributed by atoms with Gasteiger partial charge in [-0.05, 0) is 61.1 Å². The molecular formula is C29H31N. The van der Waals surface area contributed by atoms with Gasteiger partial charge in [0.05, 0.1) is 0 Å². The van der Waals surface area contributed by atoms with Crippen LogP contribution in [0.3, 0.4) is 0 Å². The van der Waals surface area contributed by atoms with Crippen LogP contribution in [0.15, 0.2) is 84.9 Å². The molecule has 30 heavy (non-hydrogen) atoms. The zero-order chi connectivity index (χ0) is 20.8. The standard InChI is InChI=1S/C29H31N/c1-22-10-16-25(17-11-22)29(26-18-12-23(2)13-19-26)9-5-6-24-14-20-28(21-15-24)30-27-7-3-4-8-27/h5-6,9-21,27,30H,3-4,7-8H2,1-2H3. The highest BCUT2D eigenvalue weighted by Crippen LogP contribution is 2.25. The minimum Gasteiger partial charge on any atom is -0.382 e. The second-order valence-electron chi connectivity index (χ2n) is 8.42. The van der Waals surface area contributed by atoms with Crippen LogP contribution in [-0.4, -0.2) is 6.04 Å². The van der Waals surface area contributed by atoms with Crippen LogP contribution in [0.2, 0.25) is 0 Å². The number of aryl methyl sites for hydroxylation is 2. The predicted octanol–water partition coefficient (Wildman–Crippen LogP) is 7.80. The molecule has 0 aromatic heterocycles. The molecule has 0 spiro atoms. The third kappa shape index (κ3) is 5.30. The monoisotopic (exact) mass is 393 g/mol. The molecule has 0 saturated heterocycles. The molecule has 0 heterocycles. The molecule has 1 aliphatic rings. The largest absolute Gasteiger partial charge is 0.382 e. The lowest BCUT2D eigenvalue weighted by Crippen LogP contribution is -2.14. The van der Waals surface area contributed by atoms with Crippen molar-refractivity contribution in [1.82, 2.24) is 0 Å². The van der Waals surface area contributed by atoms with Gasteiger partial charge in [-0.15, -0.1) is 0 Å². The third-order valence-electron chi connectivity index (χ3n) is 5.91. The first kappa shape index (κ1) is 20.2. The molecule has 1 fully saturated rings. The van der Waals surface area contributed by atoms with Crippen molar-refractivity contribution in [2.75, 3.05) is 5.32 Å². The molecule has 3 aromatic carbocycles. The molecule has 0 atom stereocenters. The molecule has 1 N–H and O–H groups in total. The summed E-state index contributed by atoms with van der Waals surface area (Å²) in [5, 5.41) is 3.66. The van der Waals surface area contributed by atoms with E-state index in [-0.39, 0.29) is 0 Å². The van der Waals surface area contributed by atoms with Crippen molar-refractivity contribution in [3.8, 4) is 0 Å². The van der Waals surface area contributed by atoms with Crippen LogP contribution >= 0.6 is 0 Å². The van der Waals surface area contributed by atoms with Gasteiger partial charge in [-0.25, -0.2) is 0 Å². The van der Waals surface area contributed by atoms with E-state index in [2.05, 4.69) is 110 Å². The van der Waals surface area contributed by atoms with Gasteiger partial charge in [0.2, 0.25) is 0 Å². The normalized spacial score (nSPS) is 14.2. The van der Waals surface area contributed by atoms with Crippen molar-refractivity contribution in [1.29, 1.82) is 0 Å². The second kappa shape index (κ2) is 9.63. The topological polar surface area (TPSA) is 12.0 Å². The summed E-state index contributed by atoms with van der Waals surface area (Å²) in [6, 6.07) is 27.0. The van der Waals surface area contributed by atoms with E-state index in [1.54, 1.807) is 0 Å². The zero-order valence-corrected chi connectivity index (χ0v) is 18.1. The molecule has 1 saturated carbocycles. The summed E-state index contributed by atoms with van der Waals surface area (Å²) in [4.78, 5) is 0. The van der Waals surface area contributed by atoms with E-state index in [9.17, 15) is 0 Å². The van der Waals surface area contributed by atoms with Gasteiger partial charge in [0.1, 0.15) is 0 Å². The van der Waals surface area contributed by atoms with E-state index < -0.39 is 0 Å². The molecule has 0 amide bonds. The summed E-state index contributed by atoms with van der Waals surface area (Å²) >= 11 is 0. The Hall–Kier alpha value is -3.06. The number of anilines is 1. The van der Waals surface area contributed by atoms with Gasteiger partial charge in [0.25, 0.3) is 0 Å². The second-order valence-corrected chi connectivity index (χ2v) is 8.42. The summed E-state index contributed by atoms with van der Waals surface area (Å²) in [6.45, 7) is 4.26. The van der Waals surface area contributed by atoms with E-state index in [0.29, 0.717) is 6.04 Å². The van der Waals surface area contributed by atoms with Crippen molar-refractivity contribution >= 4 is 17.3 Å². The SMILES string of the molecule is Cc1ccc(C(=CC=Cc2ccc(NC3CCCC3)cc2)c2ccc(C)cc2)cc1. The highest BCUT2D eigenvalue weighted by atomic mass is 14.9. The van der Waals surface area contributed by atoms with Gasteiger partial charge < -0.3 is 5.32 Å². The van der Waals surface area contributed by atoms with E-state index in [0.717, 1.165) is 0 Å². The molecular weight excluding hydrogens is 362 g/mol. The fourth-order valence-electron chi connectivity index (χ4n) is 4.08. The summed E-state index contributed by atoms with van der Waals surface area (Å²) in [7, 11) is 0. The van der Waals surface area contributed by atoms with Crippen LogP contribution in [0.25, 0.3) is 11.6 Å². The molecule has 0 radical (unpaired) electrons. The lowest BCUT2D eigenvalue weighted by Gasteiger charge is -2.13. The Morgan fingerprint density at radius 2 is 1.27 bits per heavy atom. The molecule has 1 heteroatoms. The van der Waals surface area contributed by atoms with Crippen LogP contribution in [0.4, 0.5) is 5.69 Å². The predicted molar refractivity (Wildman–Crippen MR) is 131 cm³/mol. The third-order valence-corrected chi connectivity index (χ3v) is 5.91. The van der Waals surface area contributed by atoms with Crippen LogP contribution in [0, 0.1) is 13.8 Å². The van der Waals surface area contributed by atoms with Gasteiger partial charge in [-0.2, -0.15) is 0 Å². The summed E-state index contributed by atoms with van der Waals surface area (Å²) < 4.78 is 0. The minimum atomic E-state index is 0.654. The molecule has 0 aliphatic heterocycles. The lowest BCUT2D eigenvalue weighted by atomic mass is 9.96. The number of hydrogen-bond acceptors (Lipinski definition) is 1. The number of allylic oxidation sites excluding steroid dienone is 2. The van der Waals surface area contributed by atoms with Crippen LogP contribution in [0.5, 0.6) is 0 Å². The number of benzene rings is 3. The first-order valence-electron chi connectivity index (χ1n) is 11.1. The van der Waals surface area contributed by atoms with Crippen LogP contribution < -0.4 is 5.32 Å². The van der Waals surface area contributed by atoms with Crippen LogP contribution in [-0.2, 0) is 0 Å². The van der Waals surface area contributed by atoms with Crippen molar-refractivity contribution < 1.29 is 0 Å². The summed E-state index contributed by atoms with van der Waals surface area (Å²) in [6.07, 6.45) is 11.9. The average Bonchev–Trinajstić information content (AvgIpc) is 3.27. The van der Waals surface area contributed by atoms with E-state index in [1.807, 2.05) is 0 Å². The molecule has 4 rings (SSSR count). The molecule has 3 aromatic rings. The Bertz CT molecular complexity index is 952. The fourth-order valence-corrected chi connectivity index (χ4v) is 4.08. The first-order valence-corrected chi connectivity index (χ1v) is 11.1. The van der Waals surface area contributed by atoms with Gasteiger partial charge in [0.15, 0.2) is 0 Å². The molecule has 152 valence electrons. The van der Waals surface area contributed by atoms with Gasteiger partial charge >= 0.3 is 0 Å². The van der Waals surface area contributed by atoms with Crippen molar-refractivity contribution in [3.05, 3.63) is 113 Å². The number of rotatable bonds is 6. The summed E-state index contributed by atoms with van der Waals surface area (Å²) in [5.41, 5.74) is 8.74. The Morgan fingerprint density at radius 3 is 1.80 bits per heavy atom. The van der Waals surface area contributed by atoms with E-state index in [1.165, 1.54) is 64.8 Å². The lowest BCUT2D eigenvalue weighted by molar-refractivity contribution is 0.755. The molecule has 0 unspecified atom stereocenters.